The number of aliphatic hydroxyl groups excluding tert-OH is 1. The molecule has 1 atom stereocenters. The molecular weight excluding hydrogens is 216 g/mol. The molecule has 78 valence electrons. The van der Waals surface area contributed by atoms with E-state index in [1.165, 1.54) is 0 Å². The molecule has 1 aromatic rings. The highest BCUT2D eigenvalue weighted by Crippen LogP contribution is 2.28. The molecule has 0 aliphatic carbocycles. The van der Waals surface area contributed by atoms with Crippen LogP contribution >= 0.6 is 11.6 Å². The lowest BCUT2D eigenvalue weighted by molar-refractivity contribution is -0.145. The Labute approximate surface area is 91.9 Å². The number of ether oxygens (including phenoxy) is 1. The van der Waals surface area contributed by atoms with E-state index >= 15 is 0 Å². The lowest BCUT2D eigenvalue weighted by atomic mass is 10.0. The lowest BCUT2D eigenvalue weighted by Crippen LogP contribution is -2.15. The van der Waals surface area contributed by atoms with Gasteiger partial charge in [-0.15, -0.1) is 0 Å². The molecule has 1 heterocycles. The highest BCUT2D eigenvalue weighted by molar-refractivity contribution is 6.30. The highest BCUT2D eigenvalue weighted by atomic mass is 35.5. The van der Waals surface area contributed by atoms with Crippen LogP contribution in [0.4, 0.5) is 0 Å². The molecule has 1 aliphatic rings. The number of hydrogen-bond acceptors (Lipinski definition) is 3. The molecule has 0 bridgehead atoms. The van der Waals surface area contributed by atoms with E-state index in [2.05, 4.69) is 0 Å². The van der Waals surface area contributed by atoms with Crippen LogP contribution < -0.4 is 0 Å². The molecule has 0 fully saturated rings. The number of benzene rings is 1. The first-order valence-corrected chi connectivity index (χ1v) is 4.88. The van der Waals surface area contributed by atoms with E-state index in [-0.39, 0.29) is 5.76 Å². The third kappa shape index (κ3) is 2.30. The second-order valence-electron chi connectivity index (χ2n) is 3.32. The van der Waals surface area contributed by atoms with Gasteiger partial charge in [0, 0.05) is 11.4 Å². The van der Waals surface area contributed by atoms with Gasteiger partial charge in [-0.2, -0.15) is 0 Å². The average molecular weight is 225 g/mol. The van der Waals surface area contributed by atoms with Crippen LogP contribution in [-0.2, 0) is 9.53 Å². The van der Waals surface area contributed by atoms with Gasteiger partial charge in [-0.05, 0) is 17.7 Å². The van der Waals surface area contributed by atoms with Crippen LogP contribution in [0, 0.1) is 0 Å². The fourth-order valence-electron chi connectivity index (χ4n) is 1.46. The van der Waals surface area contributed by atoms with Crippen molar-refractivity contribution in [2.45, 2.75) is 12.5 Å². The second kappa shape index (κ2) is 3.95. The zero-order chi connectivity index (χ0) is 10.8. The third-order valence-corrected chi connectivity index (χ3v) is 2.43. The van der Waals surface area contributed by atoms with Crippen molar-refractivity contribution < 1.29 is 14.6 Å². The molecule has 1 N–H and O–H groups in total. The van der Waals surface area contributed by atoms with E-state index in [1.807, 2.05) is 0 Å². The van der Waals surface area contributed by atoms with Crippen LogP contribution in [0.5, 0.6) is 0 Å². The summed E-state index contributed by atoms with van der Waals surface area (Å²) in [5, 5.41) is 9.93. The summed E-state index contributed by atoms with van der Waals surface area (Å²) in [6.45, 7) is 0. The molecule has 3 nitrogen and oxygen atoms in total. The van der Waals surface area contributed by atoms with Gasteiger partial charge in [0.15, 0.2) is 0 Å². The van der Waals surface area contributed by atoms with E-state index in [1.54, 1.807) is 24.3 Å². The van der Waals surface area contributed by atoms with Crippen LogP contribution in [0.2, 0.25) is 5.02 Å². The maximum Gasteiger partial charge on any atom is 0.334 e. The van der Waals surface area contributed by atoms with Crippen LogP contribution in [-0.4, -0.2) is 11.1 Å². The number of carbonyl (C=O) groups is 1. The van der Waals surface area contributed by atoms with Crippen molar-refractivity contribution in [2.24, 2.45) is 0 Å². The van der Waals surface area contributed by atoms with Gasteiger partial charge in [0.1, 0.15) is 11.9 Å². The van der Waals surface area contributed by atoms with Gasteiger partial charge >= 0.3 is 5.97 Å². The molecule has 0 amide bonds. The fourth-order valence-corrected chi connectivity index (χ4v) is 1.59. The summed E-state index contributed by atoms with van der Waals surface area (Å²) >= 11 is 5.74. The molecule has 4 heteroatoms. The molecule has 0 aromatic heterocycles. The van der Waals surface area contributed by atoms with Crippen molar-refractivity contribution in [1.29, 1.82) is 0 Å². The maximum atomic E-state index is 11.0. The van der Waals surface area contributed by atoms with Crippen molar-refractivity contribution in [1.82, 2.24) is 0 Å². The van der Waals surface area contributed by atoms with Gasteiger partial charge in [-0.1, -0.05) is 23.7 Å². The van der Waals surface area contributed by atoms with E-state index in [0.29, 0.717) is 11.4 Å². The van der Waals surface area contributed by atoms with Gasteiger partial charge in [-0.3, -0.25) is 0 Å². The number of aliphatic hydroxyl groups is 1. The van der Waals surface area contributed by atoms with Crippen LogP contribution in [0.1, 0.15) is 18.1 Å². The Bertz CT molecular complexity index is 408. The smallest absolute Gasteiger partial charge is 0.334 e. The van der Waals surface area contributed by atoms with Gasteiger partial charge in [-0.25, -0.2) is 4.79 Å². The van der Waals surface area contributed by atoms with Crippen molar-refractivity contribution in [3.05, 3.63) is 46.7 Å². The molecule has 1 aromatic carbocycles. The second-order valence-corrected chi connectivity index (χ2v) is 3.75. The number of hydrogen-bond donors (Lipinski definition) is 1. The maximum absolute atomic E-state index is 11.0. The van der Waals surface area contributed by atoms with Gasteiger partial charge in [0.05, 0.1) is 6.08 Å². The minimum absolute atomic E-state index is 0.0474. The summed E-state index contributed by atoms with van der Waals surface area (Å²) in [7, 11) is 0. The number of cyclic esters (lactones) is 1. The van der Waals surface area contributed by atoms with Crippen molar-refractivity contribution >= 4 is 17.6 Å². The standard InChI is InChI=1S/C11H9ClO3/c12-8-3-1-7(2-4-8)10-5-9(13)6-11(14)15-10/h1-4,6,10,13H,5H2. The molecule has 1 aliphatic heterocycles. The number of carbonyl (C=O) groups excluding carboxylic acids is 1. The monoisotopic (exact) mass is 224 g/mol. The zero-order valence-corrected chi connectivity index (χ0v) is 8.57. The Balaban J connectivity index is 2.22. The SMILES string of the molecule is O=C1C=C(O)CC(c2ccc(Cl)cc2)O1. The minimum Gasteiger partial charge on any atom is -0.512 e. The molecule has 1 unspecified atom stereocenters. The number of esters is 1. The van der Waals surface area contributed by atoms with Crippen molar-refractivity contribution in [3.63, 3.8) is 0 Å². The summed E-state index contributed by atoms with van der Waals surface area (Å²) in [5.41, 5.74) is 0.826. The summed E-state index contributed by atoms with van der Waals surface area (Å²) < 4.78 is 5.06. The van der Waals surface area contributed by atoms with E-state index in [4.69, 9.17) is 16.3 Å². The quantitative estimate of drug-likeness (QED) is 0.747. The van der Waals surface area contributed by atoms with Gasteiger partial charge < -0.3 is 9.84 Å². The Hall–Kier alpha value is -1.48. The normalized spacial score (nSPS) is 20.7. The van der Waals surface area contributed by atoms with Crippen molar-refractivity contribution in [3.8, 4) is 0 Å². The highest BCUT2D eigenvalue weighted by Gasteiger charge is 2.22. The first-order chi connectivity index (χ1) is 7.15. The van der Waals surface area contributed by atoms with E-state index in [0.717, 1.165) is 11.6 Å². The molecule has 0 spiro atoms. The molecule has 0 radical (unpaired) electrons. The lowest BCUT2D eigenvalue weighted by Gasteiger charge is -2.20. The topological polar surface area (TPSA) is 46.5 Å². The number of rotatable bonds is 1. The predicted molar refractivity (Wildman–Crippen MR) is 55.6 cm³/mol. The largest absolute Gasteiger partial charge is 0.512 e. The molecule has 0 saturated heterocycles. The zero-order valence-electron chi connectivity index (χ0n) is 7.81. The van der Waals surface area contributed by atoms with Gasteiger partial charge in [0.25, 0.3) is 0 Å². The Morgan fingerprint density at radius 1 is 1.33 bits per heavy atom. The first kappa shape index (κ1) is 10.1. The summed E-state index contributed by atoms with van der Waals surface area (Å²) in [6.07, 6.45) is 0.986. The van der Waals surface area contributed by atoms with Crippen LogP contribution in [0.15, 0.2) is 36.1 Å². The van der Waals surface area contributed by atoms with Crippen LogP contribution in [0.25, 0.3) is 0 Å². The predicted octanol–water partition coefficient (Wildman–Crippen LogP) is 2.77. The Morgan fingerprint density at radius 3 is 2.60 bits per heavy atom. The van der Waals surface area contributed by atoms with E-state index < -0.39 is 12.1 Å². The number of halogens is 1. The minimum atomic E-state index is -0.515. The Kier molecular flexibility index (Phi) is 2.64. The van der Waals surface area contributed by atoms with Crippen molar-refractivity contribution in [2.75, 3.05) is 0 Å². The Morgan fingerprint density at radius 2 is 2.00 bits per heavy atom. The third-order valence-electron chi connectivity index (χ3n) is 2.18. The van der Waals surface area contributed by atoms with Crippen LogP contribution in [0.3, 0.4) is 0 Å². The summed E-state index contributed by atoms with van der Waals surface area (Å²) in [5.74, 6) is -0.468. The summed E-state index contributed by atoms with van der Waals surface area (Å²) in [4.78, 5) is 11.0. The summed E-state index contributed by atoms with van der Waals surface area (Å²) in [6, 6.07) is 7.00. The molecule has 15 heavy (non-hydrogen) atoms. The fraction of sp³-hybridized carbons (Fsp3) is 0.182. The van der Waals surface area contributed by atoms with E-state index in [9.17, 15) is 9.90 Å². The average Bonchev–Trinajstić information content (AvgIpc) is 2.17. The molecule has 2 rings (SSSR count). The molecule has 0 saturated carbocycles. The van der Waals surface area contributed by atoms with Gasteiger partial charge in [0.2, 0.25) is 0 Å². The first-order valence-electron chi connectivity index (χ1n) is 4.51. The molecular formula is C11H9ClO3.